The molecule has 1 N–H and O–H groups in total. The lowest BCUT2D eigenvalue weighted by Gasteiger charge is -2.32. The van der Waals surface area contributed by atoms with Gasteiger partial charge in [0.05, 0.1) is 12.7 Å². The predicted octanol–water partition coefficient (Wildman–Crippen LogP) is 5.48. The fraction of sp³-hybridized carbons (Fsp3) is 0.182. The third-order valence-electron chi connectivity index (χ3n) is 5.24. The van der Waals surface area contributed by atoms with Crippen LogP contribution in [0.1, 0.15) is 28.4 Å². The number of carbonyl (C=O) groups is 2. The second-order valence-electron chi connectivity index (χ2n) is 6.96. The first kappa shape index (κ1) is 18.7. The summed E-state index contributed by atoms with van der Waals surface area (Å²) in [6, 6.07) is 14.8. The summed E-state index contributed by atoms with van der Waals surface area (Å²) in [5, 5.41) is 3.39. The van der Waals surface area contributed by atoms with Crippen molar-refractivity contribution in [2.24, 2.45) is 0 Å². The Balaban J connectivity index is 1.88. The molecule has 0 fully saturated rings. The molecule has 0 bridgehead atoms. The first-order chi connectivity index (χ1) is 13.4. The zero-order valence-electron chi connectivity index (χ0n) is 15.6. The molecule has 0 saturated carbocycles. The number of hydrogen-bond acceptors (Lipinski definition) is 4. The Morgan fingerprint density at radius 1 is 1.00 bits per heavy atom. The number of Topliss-reactive ketones (excluding diaryl/α,β-unsaturated/α-hetero) is 1. The summed E-state index contributed by atoms with van der Waals surface area (Å²) in [4.78, 5) is 26.6. The number of methoxy groups -OCH3 is 1. The van der Waals surface area contributed by atoms with Gasteiger partial charge in [0.25, 0.3) is 0 Å². The molecule has 6 heteroatoms. The summed E-state index contributed by atoms with van der Waals surface area (Å²) in [7, 11) is 1.57. The summed E-state index contributed by atoms with van der Waals surface area (Å²) in [6.45, 7) is 3.65. The SMILES string of the molecule is COc1ccc(C2(C)C(=O)Nc3sc(Cl)c(-c4ccc(C)cc4)c3C2=O)cc1. The van der Waals surface area contributed by atoms with E-state index in [4.69, 9.17) is 16.3 Å². The fourth-order valence-corrected chi connectivity index (χ4v) is 4.83. The summed E-state index contributed by atoms with van der Waals surface area (Å²) in [5.41, 5.74) is 2.38. The van der Waals surface area contributed by atoms with E-state index in [9.17, 15) is 9.59 Å². The van der Waals surface area contributed by atoms with E-state index in [-0.39, 0.29) is 11.7 Å². The molecule has 2 heterocycles. The van der Waals surface area contributed by atoms with Gasteiger partial charge in [-0.25, -0.2) is 0 Å². The number of hydrogen-bond donors (Lipinski definition) is 1. The molecule has 1 amide bonds. The molecule has 0 spiro atoms. The van der Waals surface area contributed by atoms with Crippen molar-refractivity contribution >= 4 is 39.6 Å². The molecule has 0 aliphatic carbocycles. The minimum Gasteiger partial charge on any atom is -0.497 e. The molecule has 1 aromatic heterocycles. The van der Waals surface area contributed by atoms with Crippen molar-refractivity contribution in [2.75, 3.05) is 12.4 Å². The smallest absolute Gasteiger partial charge is 0.243 e. The van der Waals surface area contributed by atoms with Crippen molar-refractivity contribution in [3.8, 4) is 16.9 Å². The van der Waals surface area contributed by atoms with Gasteiger partial charge in [0.15, 0.2) is 5.78 Å². The van der Waals surface area contributed by atoms with E-state index in [0.29, 0.717) is 31.8 Å². The lowest BCUT2D eigenvalue weighted by atomic mass is 9.73. The minimum absolute atomic E-state index is 0.254. The van der Waals surface area contributed by atoms with Gasteiger partial charge in [0.2, 0.25) is 5.91 Å². The number of halogens is 1. The van der Waals surface area contributed by atoms with Gasteiger partial charge >= 0.3 is 0 Å². The highest BCUT2D eigenvalue weighted by molar-refractivity contribution is 7.21. The number of fused-ring (bicyclic) bond motifs is 1. The van der Waals surface area contributed by atoms with Gasteiger partial charge in [-0.1, -0.05) is 53.6 Å². The molecule has 4 nitrogen and oxygen atoms in total. The van der Waals surface area contributed by atoms with Crippen molar-refractivity contribution in [3.63, 3.8) is 0 Å². The van der Waals surface area contributed by atoms with E-state index in [2.05, 4.69) is 5.32 Å². The predicted molar refractivity (Wildman–Crippen MR) is 113 cm³/mol. The maximum Gasteiger partial charge on any atom is 0.243 e. The quantitative estimate of drug-likeness (QED) is 0.581. The first-order valence-electron chi connectivity index (χ1n) is 8.76. The Kier molecular flexibility index (Phi) is 4.52. The number of amides is 1. The number of thiophene rings is 1. The van der Waals surface area contributed by atoms with Gasteiger partial charge in [0.1, 0.15) is 20.5 Å². The van der Waals surface area contributed by atoms with Crippen molar-refractivity contribution in [1.82, 2.24) is 0 Å². The van der Waals surface area contributed by atoms with Crippen LogP contribution in [-0.4, -0.2) is 18.8 Å². The normalized spacial score (nSPS) is 18.6. The molecule has 1 aliphatic rings. The maximum atomic E-state index is 13.6. The summed E-state index contributed by atoms with van der Waals surface area (Å²) in [5.74, 6) is 0.0503. The average Bonchev–Trinajstić information content (AvgIpc) is 3.02. The van der Waals surface area contributed by atoms with Crippen LogP contribution in [0.3, 0.4) is 0 Å². The lowest BCUT2D eigenvalue weighted by Crippen LogP contribution is -2.48. The molecule has 0 saturated heterocycles. The summed E-state index contributed by atoms with van der Waals surface area (Å²) >= 11 is 7.72. The molecule has 142 valence electrons. The van der Waals surface area contributed by atoms with E-state index in [0.717, 1.165) is 11.1 Å². The van der Waals surface area contributed by atoms with E-state index < -0.39 is 5.41 Å². The Morgan fingerprint density at radius 3 is 2.25 bits per heavy atom. The number of aryl methyl sites for hydroxylation is 1. The Labute approximate surface area is 172 Å². The third-order valence-corrected chi connectivity index (χ3v) is 6.55. The second-order valence-corrected chi connectivity index (χ2v) is 8.58. The van der Waals surface area contributed by atoms with E-state index in [1.54, 1.807) is 38.3 Å². The summed E-state index contributed by atoms with van der Waals surface area (Å²) in [6.07, 6.45) is 0. The monoisotopic (exact) mass is 411 g/mol. The highest BCUT2D eigenvalue weighted by Gasteiger charge is 2.49. The number of ketones is 1. The third kappa shape index (κ3) is 2.74. The Hall–Kier alpha value is -2.63. The van der Waals surface area contributed by atoms with Crippen molar-refractivity contribution in [2.45, 2.75) is 19.3 Å². The van der Waals surface area contributed by atoms with Crippen LogP contribution in [0.5, 0.6) is 5.75 Å². The molecule has 0 radical (unpaired) electrons. The van der Waals surface area contributed by atoms with Crippen LogP contribution in [0.4, 0.5) is 5.00 Å². The van der Waals surface area contributed by atoms with Crippen molar-refractivity contribution in [1.29, 1.82) is 0 Å². The molecular formula is C22H18ClNO3S. The van der Waals surface area contributed by atoms with Crippen LogP contribution < -0.4 is 10.1 Å². The Bertz CT molecular complexity index is 1090. The average molecular weight is 412 g/mol. The number of benzene rings is 2. The molecule has 28 heavy (non-hydrogen) atoms. The van der Waals surface area contributed by atoms with Gasteiger partial charge in [-0.15, -0.1) is 11.3 Å². The highest BCUT2D eigenvalue weighted by Crippen LogP contribution is 2.49. The standard InChI is InChI=1S/C22H18ClNO3S/c1-12-4-6-13(7-5-12)16-17-18(25)22(2,14-8-10-15(27-3)11-9-14)21(26)24-20(17)28-19(16)23/h4-11H,1-3H3,(H,24,26). The molecule has 2 aromatic carbocycles. The number of nitrogens with one attached hydrogen (secondary N) is 1. The van der Waals surface area contributed by atoms with Crippen LogP contribution in [0.15, 0.2) is 48.5 Å². The number of ether oxygens (including phenoxy) is 1. The van der Waals surface area contributed by atoms with Gasteiger partial charge in [-0.2, -0.15) is 0 Å². The van der Waals surface area contributed by atoms with E-state index >= 15 is 0 Å². The van der Waals surface area contributed by atoms with E-state index in [1.165, 1.54) is 11.3 Å². The van der Waals surface area contributed by atoms with E-state index in [1.807, 2.05) is 31.2 Å². The van der Waals surface area contributed by atoms with Crippen LogP contribution in [0.2, 0.25) is 4.34 Å². The van der Waals surface area contributed by atoms with Crippen LogP contribution in [0, 0.1) is 6.92 Å². The number of carbonyl (C=O) groups excluding carboxylic acids is 2. The topological polar surface area (TPSA) is 55.4 Å². The number of rotatable bonds is 3. The molecule has 4 rings (SSSR count). The van der Waals surface area contributed by atoms with Gasteiger partial charge < -0.3 is 10.1 Å². The van der Waals surface area contributed by atoms with Gasteiger partial charge in [-0.3, -0.25) is 9.59 Å². The zero-order chi connectivity index (χ0) is 20.1. The van der Waals surface area contributed by atoms with Crippen molar-refractivity contribution < 1.29 is 14.3 Å². The summed E-state index contributed by atoms with van der Waals surface area (Å²) < 4.78 is 5.68. The Morgan fingerprint density at radius 2 is 1.64 bits per heavy atom. The maximum absolute atomic E-state index is 13.6. The first-order valence-corrected chi connectivity index (χ1v) is 9.96. The van der Waals surface area contributed by atoms with Gasteiger partial charge in [-0.05, 0) is 37.1 Å². The minimum atomic E-state index is -1.34. The molecule has 3 aromatic rings. The lowest BCUT2D eigenvalue weighted by molar-refractivity contribution is -0.119. The van der Waals surface area contributed by atoms with Crippen LogP contribution in [-0.2, 0) is 10.2 Å². The molecular weight excluding hydrogens is 394 g/mol. The van der Waals surface area contributed by atoms with Crippen LogP contribution >= 0.6 is 22.9 Å². The van der Waals surface area contributed by atoms with Crippen LogP contribution in [0.25, 0.3) is 11.1 Å². The molecule has 1 atom stereocenters. The second kappa shape index (κ2) is 6.76. The fourth-order valence-electron chi connectivity index (χ4n) is 3.45. The molecule has 1 unspecified atom stereocenters. The zero-order valence-corrected chi connectivity index (χ0v) is 17.2. The molecule has 1 aliphatic heterocycles. The largest absolute Gasteiger partial charge is 0.497 e. The number of anilines is 1. The highest BCUT2D eigenvalue weighted by atomic mass is 35.5. The van der Waals surface area contributed by atoms with Crippen molar-refractivity contribution in [3.05, 3.63) is 69.6 Å². The van der Waals surface area contributed by atoms with Gasteiger partial charge in [0, 0.05) is 5.56 Å².